The van der Waals surface area contributed by atoms with Crippen LogP contribution in [0.15, 0.2) is 30.6 Å². The molecule has 2 heterocycles. The molecule has 166 valence electrons. The number of hydrogen-bond acceptors (Lipinski definition) is 4. The van der Waals surface area contributed by atoms with Gasteiger partial charge < -0.3 is 10.2 Å². The van der Waals surface area contributed by atoms with Crippen LogP contribution in [-0.4, -0.2) is 130 Å². The summed E-state index contributed by atoms with van der Waals surface area (Å²) in [5.41, 5.74) is -3.08. The molecule has 19 heteroatoms. The van der Waals surface area contributed by atoms with Crippen LogP contribution in [0.5, 0.6) is 0 Å². The molecule has 1 unspecified atom stereocenters. The lowest BCUT2D eigenvalue weighted by Crippen LogP contribution is -2.78. The highest BCUT2D eigenvalue weighted by molar-refractivity contribution is 6.58. The smallest absolute Gasteiger partial charge is 0.252 e. The molecule has 3 rings (SSSR count). The first-order valence-electron chi connectivity index (χ1n) is 10.8. The van der Waals surface area contributed by atoms with Crippen molar-refractivity contribution >= 4 is 104 Å². The SMILES string of the molecule is [B]C([B])([B])c1cnc(C([B])([B])NC([B])([B])C2(F)CC([B])([B])N(C(=O)c3ccc(F)c(Cl)c3)CC2([B])[B])nc1. The Kier molecular flexibility index (Phi) is 8.11. The zero-order valence-corrected chi connectivity index (χ0v) is 20.8. The predicted octanol–water partition coefficient (Wildman–Crippen LogP) is -2.39. The summed E-state index contributed by atoms with van der Waals surface area (Å²) in [5, 5.41) is -9.63. The maximum Gasteiger partial charge on any atom is 0.252 e. The zero-order chi connectivity index (χ0) is 29.1. The van der Waals surface area contributed by atoms with Crippen LogP contribution >= 0.6 is 11.6 Å². The Morgan fingerprint density at radius 1 is 1.03 bits per heavy atom. The third kappa shape index (κ3) is 5.72. The van der Waals surface area contributed by atoms with E-state index < -0.39 is 56.7 Å². The van der Waals surface area contributed by atoms with Gasteiger partial charge in [-0.3, -0.25) is 4.79 Å². The lowest BCUT2D eigenvalue weighted by molar-refractivity contribution is -0.00211. The van der Waals surface area contributed by atoms with E-state index in [0.29, 0.717) is 0 Å². The number of amides is 1. The van der Waals surface area contributed by atoms with Crippen molar-refractivity contribution in [2.45, 2.75) is 38.4 Å². The predicted molar refractivity (Wildman–Crippen MR) is 151 cm³/mol. The summed E-state index contributed by atoms with van der Waals surface area (Å²) >= 11 is 5.76. The number of piperidine rings is 1. The number of nitrogens with zero attached hydrogens (tertiary/aromatic N) is 3. The highest BCUT2D eigenvalue weighted by Crippen LogP contribution is 2.52. The first kappa shape index (κ1) is 31.1. The standard InChI is InChI=1S/C19H10B11ClF2N4O/c20-15(21)7-37(12(38)8-1-2-11(32)10(31)3-8)16(22,23)6-14(15,33)19(29,30)36-18(27,28)13-34-4-9(5-35-13)17(24,25)26/h1-5,36H,6-7H2. The minimum Gasteiger partial charge on any atom is -0.351 e. The van der Waals surface area contributed by atoms with Gasteiger partial charge in [-0.05, 0) is 51.4 Å². The first-order chi connectivity index (χ1) is 17.0. The molecule has 1 atom stereocenters. The number of alkyl halides is 1. The third-order valence-electron chi connectivity index (χ3n) is 6.19. The molecule has 1 aromatic heterocycles. The fourth-order valence-corrected chi connectivity index (χ4v) is 4.20. The van der Waals surface area contributed by atoms with Crippen molar-refractivity contribution in [1.29, 1.82) is 0 Å². The molecule has 1 amide bonds. The van der Waals surface area contributed by atoms with Crippen molar-refractivity contribution in [3.63, 3.8) is 0 Å². The van der Waals surface area contributed by atoms with E-state index in [-0.39, 0.29) is 22.0 Å². The van der Waals surface area contributed by atoms with E-state index in [2.05, 4.69) is 15.3 Å². The summed E-state index contributed by atoms with van der Waals surface area (Å²) in [6, 6.07) is 3.10. The van der Waals surface area contributed by atoms with Gasteiger partial charge in [0.15, 0.2) is 0 Å². The molecule has 1 aliphatic rings. The topological polar surface area (TPSA) is 58.1 Å². The number of rotatable bonds is 6. The Hall–Kier alpha value is -1.41. The number of benzene rings is 1. The Morgan fingerprint density at radius 3 is 2.08 bits per heavy atom. The van der Waals surface area contributed by atoms with Gasteiger partial charge in [-0.15, -0.1) is 5.11 Å². The monoisotopic (exact) mass is 504 g/mol. The molecule has 0 bridgehead atoms. The van der Waals surface area contributed by atoms with Crippen LogP contribution < -0.4 is 5.32 Å². The van der Waals surface area contributed by atoms with Crippen molar-refractivity contribution in [3.05, 3.63) is 58.4 Å². The molecule has 38 heavy (non-hydrogen) atoms. The summed E-state index contributed by atoms with van der Waals surface area (Å²) in [6.45, 7) is -0.804. The summed E-state index contributed by atoms with van der Waals surface area (Å²) in [6.07, 6.45) is 1.25. The zero-order valence-electron chi connectivity index (χ0n) is 20.0. The van der Waals surface area contributed by atoms with E-state index in [1.165, 1.54) is 0 Å². The van der Waals surface area contributed by atoms with Gasteiger partial charge in [0.2, 0.25) is 0 Å². The number of nitrogens with one attached hydrogen (secondary N) is 1. The van der Waals surface area contributed by atoms with Crippen molar-refractivity contribution < 1.29 is 13.6 Å². The van der Waals surface area contributed by atoms with E-state index in [1.807, 2.05) is 0 Å². The van der Waals surface area contributed by atoms with E-state index in [0.717, 1.165) is 35.5 Å². The van der Waals surface area contributed by atoms with Crippen molar-refractivity contribution in [3.8, 4) is 0 Å². The van der Waals surface area contributed by atoms with Gasteiger partial charge in [-0.1, -0.05) is 11.6 Å². The van der Waals surface area contributed by atoms with Crippen LogP contribution in [0.25, 0.3) is 0 Å². The fraction of sp³-hybridized carbons (Fsp3) is 0.421. The van der Waals surface area contributed by atoms with Crippen LogP contribution in [0.1, 0.15) is 28.2 Å². The second-order valence-electron chi connectivity index (χ2n) is 9.62. The molecule has 1 N–H and O–H groups in total. The fourth-order valence-electron chi connectivity index (χ4n) is 4.02. The van der Waals surface area contributed by atoms with Gasteiger partial charge in [-0.2, -0.15) is 0 Å². The van der Waals surface area contributed by atoms with Gasteiger partial charge >= 0.3 is 0 Å². The van der Waals surface area contributed by atoms with E-state index in [1.54, 1.807) is 0 Å². The second kappa shape index (κ2) is 9.90. The van der Waals surface area contributed by atoms with E-state index >= 15 is 4.39 Å². The number of halogens is 3. The highest BCUT2D eigenvalue weighted by atomic mass is 35.5. The van der Waals surface area contributed by atoms with Crippen molar-refractivity contribution in [1.82, 2.24) is 20.2 Å². The molecular weight excluding hydrogens is 493 g/mol. The van der Waals surface area contributed by atoms with Crippen LogP contribution in [-0.2, 0) is 10.5 Å². The Balaban J connectivity index is 1.92. The quantitative estimate of drug-likeness (QED) is 0.448. The number of aromatic nitrogens is 2. The van der Waals surface area contributed by atoms with Gasteiger partial charge in [0.1, 0.15) is 17.3 Å². The molecule has 1 aromatic carbocycles. The molecule has 1 saturated heterocycles. The minimum absolute atomic E-state index is 0.115. The Labute approximate surface area is 240 Å². The van der Waals surface area contributed by atoms with Crippen LogP contribution in [0.2, 0.25) is 10.2 Å². The molecule has 2 aromatic rings. The Morgan fingerprint density at radius 2 is 1.58 bits per heavy atom. The summed E-state index contributed by atoms with van der Waals surface area (Å²) in [5.74, 6) is -1.98. The highest BCUT2D eigenvalue weighted by Gasteiger charge is 2.61. The number of carbonyl (C=O) groups is 1. The number of likely N-dealkylation sites (tertiary alicyclic amines) is 1. The van der Waals surface area contributed by atoms with Crippen molar-refractivity contribution in [2.24, 2.45) is 0 Å². The molecule has 0 spiro atoms. The van der Waals surface area contributed by atoms with Gasteiger partial charge in [-0.25, -0.2) is 18.7 Å². The largest absolute Gasteiger partial charge is 0.351 e. The summed E-state index contributed by atoms with van der Waals surface area (Å²) in [7, 11) is 65.5. The van der Waals surface area contributed by atoms with Gasteiger partial charge in [0.25, 0.3) is 5.91 Å². The minimum atomic E-state index is -3.08. The molecular formula is C19H10B11ClF2N4O. The van der Waals surface area contributed by atoms with E-state index in [4.69, 9.17) is 97.9 Å². The van der Waals surface area contributed by atoms with Crippen LogP contribution in [0.4, 0.5) is 8.78 Å². The van der Waals surface area contributed by atoms with Crippen LogP contribution in [0, 0.1) is 5.82 Å². The molecule has 5 nitrogen and oxygen atoms in total. The molecule has 1 fully saturated rings. The van der Waals surface area contributed by atoms with Gasteiger partial charge in [0, 0.05) is 24.5 Å². The Bertz CT molecular complexity index is 1230. The maximum absolute atomic E-state index is 16.7. The molecule has 1 aliphatic heterocycles. The van der Waals surface area contributed by atoms with Crippen LogP contribution in [0.3, 0.4) is 0 Å². The summed E-state index contributed by atoms with van der Waals surface area (Å²) in [4.78, 5) is 21.7. The average molecular weight is 503 g/mol. The third-order valence-corrected chi connectivity index (χ3v) is 6.48. The maximum atomic E-state index is 16.7. The molecule has 0 saturated carbocycles. The van der Waals surface area contributed by atoms with Gasteiger partial charge in [0.05, 0.1) is 91.3 Å². The summed E-state index contributed by atoms with van der Waals surface area (Å²) < 4.78 is 30.3. The number of hydrogen-bond donors (Lipinski definition) is 1. The lowest BCUT2D eigenvalue weighted by atomic mass is 9.31. The van der Waals surface area contributed by atoms with E-state index in [9.17, 15) is 9.18 Å². The normalized spacial score (nSPS) is 21.6. The molecule has 0 aliphatic carbocycles. The van der Waals surface area contributed by atoms with Crippen molar-refractivity contribution in [2.75, 3.05) is 6.54 Å². The lowest BCUT2D eigenvalue weighted by Gasteiger charge is -2.64. The second-order valence-corrected chi connectivity index (χ2v) is 10.0. The number of carbonyl (C=O) groups excluding carboxylic acids is 1. The average Bonchev–Trinajstić information content (AvgIpc) is 2.76. The first-order valence-corrected chi connectivity index (χ1v) is 11.2. The molecule has 22 radical (unpaired) electrons.